The van der Waals surface area contributed by atoms with Crippen LogP contribution >= 0.6 is 0 Å². The zero-order chi connectivity index (χ0) is 11.0. The molecule has 0 spiro atoms. The maximum Gasteiger partial charge on any atom is 0.135 e. The Labute approximate surface area is 85.7 Å². The van der Waals surface area contributed by atoms with Gasteiger partial charge in [-0.1, -0.05) is 24.3 Å². The third-order valence-corrected chi connectivity index (χ3v) is 1.71. The first-order valence-corrected chi connectivity index (χ1v) is 4.72. The van der Waals surface area contributed by atoms with Crippen molar-refractivity contribution in [2.75, 3.05) is 0 Å². The predicted octanol–water partition coefficient (Wildman–Crippen LogP) is 3.84. The molecule has 0 aromatic heterocycles. The van der Waals surface area contributed by atoms with E-state index < -0.39 is 6.17 Å². The van der Waals surface area contributed by atoms with Crippen molar-refractivity contribution in [1.82, 2.24) is 0 Å². The van der Waals surface area contributed by atoms with Crippen molar-refractivity contribution in [3.63, 3.8) is 0 Å². The molecular formula is C12H18FN. The first-order chi connectivity index (χ1) is 6.57. The first kappa shape index (κ1) is 12.8. The van der Waals surface area contributed by atoms with Crippen LogP contribution in [0, 0.1) is 0 Å². The van der Waals surface area contributed by atoms with E-state index >= 15 is 0 Å². The lowest BCUT2D eigenvalue weighted by molar-refractivity contribution is 0.453. The average molecular weight is 195 g/mol. The zero-order valence-electron chi connectivity index (χ0n) is 9.29. The van der Waals surface area contributed by atoms with E-state index in [0.29, 0.717) is 5.71 Å². The van der Waals surface area contributed by atoms with Crippen LogP contribution in [0.3, 0.4) is 0 Å². The lowest BCUT2D eigenvalue weighted by Crippen LogP contribution is -2.05. The van der Waals surface area contributed by atoms with Gasteiger partial charge in [0.25, 0.3) is 0 Å². The molecule has 78 valence electrons. The zero-order valence-corrected chi connectivity index (χ0v) is 9.29. The lowest BCUT2D eigenvalue weighted by atomic mass is 10.3. The summed E-state index contributed by atoms with van der Waals surface area (Å²) < 4.78 is 12.7. The molecule has 0 aromatic rings. The summed E-state index contributed by atoms with van der Waals surface area (Å²) in [5.74, 6) is 0. The molecule has 0 aliphatic heterocycles. The lowest BCUT2D eigenvalue weighted by Gasteiger charge is -1.97. The monoisotopic (exact) mass is 195 g/mol. The Morgan fingerprint density at radius 2 is 1.93 bits per heavy atom. The average Bonchev–Trinajstić information content (AvgIpc) is 2.14. The van der Waals surface area contributed by atoms with E-state index in [1.807, 2.05) is 38.2 Å². The summed E-state index contributed by atoms with van der Waals surface area (Å²) in [4.78, 5) is 4.01. The van der Waals surface area contributed by atoms with Gasteiger partial charge < -0.3 is 0 Å². The molecule has 0 aromatic carbocycles. The smallest absolute Gasteiger partial charge is 0.135 e. The fourth-order valence-electron chi connectivity index (χ4n) is 0.668. The molecule has 0 N–H and O–H groups in total. The fourth-order valence-corrected chi connectivity index (χ4v) is 0.668. The van der Waals surface area contributed by atoms with Crippen LogP contribution in [0.4, 0.5) is 4.39 Å². The molecule has 14 heavy (non-hydrogen) atoms. The van der Waals surface area contributed by atoms with Gasteiger partial charge in [-0.3, -0.25) is 4.99 Å². The highest BCUT2D eigenvalue weighted by molar-refractivity contribution is 5.86. The van der Waals surface area contributed by atoms with E-state index in [0.717, 1.165) is 5.57 Å². The normalized spacial score (nSPS) is 16.9. The van der Waals surface area contributed by atoms with Crippen molar-refractivity contribution in [3.05, 3.63) is 36.1 Å². The van der Waals surface area contributed by atoms with Crippen LogP contribution in [-0.4, -0.2) is 11.9 Å². The molecule has 0 heterocycles. The summed E-state index contributed by atoms with van der Waals surface area (Å²) in [6.45, 7) is 7.05. The minimum Gasteiger partial charge on any atom is -0.263 e. The van der Waals surface area contributed by atoms with Crippen LogP contribution in [-0.2, 0) is 0 Å². The van der Waals surface area contributed by atoms with Crippen LogP contribution in [0.2, 0.25) is 0 Å². The Hall–Kier alpha value is -1.18. The maximum atomic E-state index is 12.7. The molecule has 2 heteroatoms. The Morgan fingerprint density at radius 1 is 1.29 bits per heavy atom. The SMILES string of the molecule is C/C=C/C=C/C(C)=C/N=C(C)C(C)F. The van der Waals surface area contributed by atoms with E-state index in [1.165, 1.54) is 6.92 Å². The van der Waals surface area contributed by atoms with Crippen molar-refractivity contribution >= 4 is 5.71 Å². The molecule has 0 aliphatic rings. The molecule has 1 atom stereocenters. The van der Waals surface area contributed by atoms with Crippen LogP contribution < -0.4 is 0 Å². The number of alkyl halides is 1. The van der Waals surface area contributed by atoms with Crippen LogP contribution in [0.1, 0.15) is 27.7 Å². The van der Waals surface area contributed by atoms with E-state index in [-0.39, 0.29) is 0 Å². The van der Waals surface area contributed by atoms with Crippen molar-refractivity contribution in [2.45, 2.75) is 33.9 Å². The van der Waals surface area contributed by atoms with Gasteiger partial charge >= 0.3 is 0 Å². The Balaban J connectivity index is 4.31. The molecule has 0 aliphatic carbocycles. The molecule has 0 amide bonds. The largest absolute Gasteiger partial charge is 0.263 e. The summed E-state index contributed by atoms with van der Waals surface area (Å²) >= 11 is 0. The second-order valence-corrected chi connectivity index (χ2v) is 3.14. The van der Waals surface area contributed by atoms with E-state index in [2.05, 4.69) is 4.99 Å². The van der Waals surface area contributed by atoms with Crippen molar-refractivity contribution < 1.29 is 4.39 Å². The summed E-state index contributed by atoms with van der Waals surface area (Å²) in [5.41, 5.74) is 1.51. The second kappa shape index (κ2) is 7.25. The van der Waals surface area contributed by atoms with Gasteiger partial charge in [-0.05, 0) is 33.3 Å². The Kier molecular flexibility index (Phi) is 6.63. The van der Waals surface area contributed by atoms with Crippen molar-refractivity contribution in [3.8, 4) is 0 Å². The first-order valence-electron chi connectivity index (χ1n) is 4.72. The predicted molar refractivity (Wildman–Crippen MR) is 61.4 cm³/mol. The number of rotatable bonds is 4. The molecule has 0 rings (SSSR count). The standard InChI is InChI=1S/C12H18FN/c1-5-6-7-8-10(2)9-14-12(4)11(3)13/h5-9,11H,1-4H3/b6-5+,8-7+,10-9+,14-12?. The minimum atomic E-state index is -0.974. The van der Waals surface area contributed by atoms with Crippen LogP contribution in [0.25, 0.3) is 0 Å². The van der Waals surface area contributed by atoms with Crippen molar-refractivity contribution in [1.29, 1.82) is 0 Å². The summed E-state index contributed by atoms with van der Waals surface area (Å²) in [5, 5.41) is 0. The van der Waals surface area contributed by atoms with Gasteiger partial charge in [0.05, 0.1) is 0 Å². The van der Waals surface area contributed by atoms with E-state index in [1.54, 1.807) is 13.1 Å². The fraction of sp³-hybridized carbons (Fsp3) is 0.417. The molecule has 0 bridgehead atoms. The van der Waals surface area contributed by atoms with Gasteiger partial charge in [-0.15, -0.1) is 0 Å². The number of hydrogen-bond donors (Lipinski definition) is 0. The molecule has 0 fully saturated rings. The molecular weight excluding hydrogens is 177 g/mol. The number of nitrogens with zero attached hydrogens (tertiary/aromatic N) is 1. The summed E-state index contributed by atoms with van der Waals surface area (Å²) in [7, 11) is 0. The number of halogens is 1. The molecule has 0 saturated carbocycles. The second-order valence-electron chi connectivity index (χ2n) is 3.14. The van der Waals surface area contributed by atoms with E-state index in [9.17, 15) is 4.39 Å². The van der Waals surface area contributed by atoms with Crippen LogP contribution in [0.15, 0.2) is 41.1 Å². The Bertz CT molecular complexity index is 270. The third-order valence-electron chi connectivity index (χ3n) is 1.71. The quantitative estimate of drug-likeness (QED) is 0.477. The molecule has 0 radical (unpaired) electrons. The highest BCUT2D eigenvalue weighted by Gasteiger charge is 1.99. The number of allylic oxidation sites excluding steroid dienone is 5. The Morgan fingerprint density at radius 3 is 2.43 bits per heavy atom. The number of aliphatic imine (C=N–C) groups is 1. The van der Waals surface area contributed by atoms with Gasteiger partial charge in [0, 0.05) is 11.9 Å². The minimum absolute atomic E-state index is 0.504. The van der Waals surface area contributed by atoms with E-state index in [4.69, 9.17) is 0 Å². The van der Waals surface area contributed by atoms with Crippen LogP contribution in [0.5, 0.6) is 0 Å². The van der Waals surface area contributed by atoms with Gasteiger partial charge in [-0.2, -0.15) is 0 Å². The molecule has 1 unspecified atom stereocenters. The summed E-state index contributed by atoms with van der Waals surface area (Å²) in [6.07, 6.45) is 8.44. The highest BCUT2D eigenvalue weighted by atomic mass is 19.1. The van der Waals surface area contributed by atoms with Gasteiger partial charge in [-0.25, -0.2) is 4.39 Å². The van der Waals surface area contributed by atoms with Gasteiger partial charge in [0.15, 0.2) is 0 Å². The third kappa shape index (κ3) is 6.35. The molecule has 1 nitrogen and oxygen atoms in total. The maximum absolute atomic E-state index is 12.7. The summed E-state index contributed by atoms with van der Waals surface area (Å²) in [6, 6.07) is 0. The number of hydrogen-bond acceptors (Lipinski definition) is 1. The molecule has 0 saturated heterocycles. The highest BCUT2D eigenvalue weighted by Crippen LogP contribution is 1.99. The van der Waals surface area contributed by atoms with Gasteiger partial charge in [0.2, 0.25) is 0 Å². The topological polar surface area (TPSA) is 12.4 Å². The van der Waals surface area contributed by atoms with Gasteiger partial charge in [0.1, 0.15) is 6.17 Å². The van der Waals surface area contributed by atoms with Crippen molar-refractivity contribution in [2.24, 2.45) is 4.99 Å².